The number of carbonyl (C=O) groups is 1. The van der Waals surface area contributed by atoms with Crippen LogP contribution in [-0.2, 0) is 10.2 Å². The molecule has 1 aromatic carbocycles. The Hall–Kier alpha value is -1.23. The highest BCUT2D eigenvalue weighted by Crippen LogP contribution is 2.56. The first-order valence-corrected chi connectivity index (χ1v) is 8.13. The molecule has 4 rings (SSSR count). The molecule has 0 bridgehead atoms. The lowest BCUT2D eigenvalue weighted by molar-refractivity contribution is -0.137. The van der Waals surface area contributed by atoms with Gasteiger partial charge in [-0.1, -0.05) is 15.9 Å². The van der Waals surface area contributed by atoms with Crippen LogP contribution in [0.25, 0.3) is 0 Å². The van der Waals surface area contributed by atoms with Crippen molar-refractivity contribution < 1.29 is 19.4 Å². The number of benzene rings is 1. The summed E-state index contributed by atoms with van der Waals surface area (Å²) in [6.45, 7) is 1.42. The standard InChI is InChI=1S/C16H17BrO4/c17-11-6-13-12(20-8-15(1-2-15)9-21-13)5-10(11)16(3-4-16)7-14(18)19/h5-6H,1-4,7-9H2,(H,18,19). The zero-order chi connectivity index (χ0) is 14.7. The topological polar surface area (TPSA) is 55.8 Å². The van der Waals surface area contributed by atoms with Gasteiger partial charge in [-0.15, -0.1) is 0 Å². The number of aliphatic carboxylic acids is 1. The lowest BCUT2D eigenvalue weighted by Gasteiger charge is -2.18. The second-order valence-electron chi connectivity index (χ2n) is 6.71. The summed E-state index contributed by atoms with van der Waals surface area (Å²) in [6.07, 6.45) is 4.34. The van der Waals surface area contributed by atoms with Crippen LogP contribution in [0.4, 0.5) is 0 Å². The third kappa shape index (κ3) is 2.31. The Labute approximate surface area is 131 Å². The lowest BCUT2D eigenvalue weighted by atomic mass is 9.92. The smallest absolute Gasteiger partial charge is 0.304 e. The van der Waals surface area contributed by atoms with Crippen LogP contribution in [0.5, 0.6) is 11.5 Å². The van der Waals surface area contributed by atoms with Gasteiger partial charge in [0, 0.05) is 15.3 Å². The van der Waals surface area contributed by atoms with Crippen LogP contribution in [0.15, 0.2) is 16.6 Å². The van der Waals surface area contributed by atoms with Gasteiger partial charge in [0.15, 0.2) is 11.5 Å². The molecule has 2 saturated carbocycles. The molecule has 0 amide bonds. The first-order chi connectivity index (χ1) is 10.0. The minimum absolute atomic E-state index is 0.176. The normalized spacial score (nSPS) is 23.5. The maximum absolute atomic E-state index is 11.1. The monoisotopic (exact) mass is 352 g/mol. The fourth-order valence-electron chi connectivity index (χ4n) is 3.12. The average molecular weight is 353 g/mol. The fraction of sp³-hybridized carbons (Fsp3) is 0.562. The van der Waals surface area contributed by atoms with Crippen molar-refractivity contribution in [1.82, 2.24) is 0 Å². The zero-order valence-corrected chi connectivity index (χ0v) is 13.2. The molecule has 0 aromatic heterocycles. The predicted octanol–water partition coefficient (Wildman–Crippen LogP) is 3.51. The van der Waals surface area contributed by atoms with Crippen LogP contribution in [0.3, 0.4) is 0 Å². The molecule has 2 aliphatic carbocycles. The Balaban J connectivity index is 1.68. The van der Waals surface area contributed by atoms with Crippen molar-refractivity contribution in [3.8, 4) is 11.5 Å². The predicted molar refractivity (Wildman–Crippen MR) is 80.0 cm³/mol. The number of ether oxygens (including phenoxy) is 2. The van der Waals surface area contributed by atoms with Crippen molar-refractivity contribution in [1.29, 1.82) is 0 Å². The second kappa shape index (κ2) is 4.38. The van der Waals surface area contributed by atoms with E-state index >= 15 is 0 Å². The summed E-state index contributed by atoms with van der Waals surface area (Å²) in [5.41, 5.74) is 1.02. The van der Waals surface area contributed by atoms with Gasteiger partial charge in [0.2, 0.25) is 0 Å². The quantitative estimate of drug-likeness (QED) is 0.904. The molecule has 1 aromatic rings. The van der Waals surface area contributed by atoms with Crippen LogP contribution in [0, 0.1) is 5.41 Å². The van der Waals surface area contributed by atoms with E-state index in [0.29, 0.717) is 13.2 Å². The van der Waals surface area contributed by atoms with E-state index in [9.17, 15) is 4.79 Å². The maximum atomic E-state index is 11.1. The van der Waals surface area contributed by atoms with Gasteiger partial charge < -0.3 is 14.6 Å². The first-order valence-electron chi connectivity index (χ1n) is 7.34. The molecular formula is C16H17BrO4. The molecule has 112 valence electrons. The number of fused-ring (bicyclic) bond motifs is 1. The summed E-state index contributed by atoms with van der Waals surface area (Å²) in [5.74, 6) is 0.776. The van der Waals surface area contributed by atoms with Crippen LogP contribution in [0.2, 0.25) is 0 Å². The van der Waals surface area contributed by atoms with Crippen molar-refractivity contribution >= 4 is 21.9 Å². The largest absolute Gasteiger partial charge is 0.489 e. The van der Waals surface area contributed by atoms with Crippen molar-refractivity contribution in [2.75, 3.05) is 13.2 Å². The van der Waals surface area contributed by atoms with Crippen molar-refractivity contribution in [3.63, 3.8) is 0 Å². The van der Waals surface area contributed by atoms with Crippen molar-refractivity contribution in [3.05, 3.63) is 22.2 Å². The summed E-state index contributed by atoms with van der Waals surface area (Å²) in [4.78, 5) is 11.1. The molecule has 0 unspecified atom stereocenters. The highest BCUT2D eigenvalue weighted by molar-refractivity contribution is 9.10. The first kappa shape index (κ1) is 13.4. The molecule has 1 spiro atoms. The van der Waals surface area contributed by atoms with Gasteiger partial charge in [0.05, 0.1) is 19.6 Å². The van der Waals surface area contributed by atoms with E-state index in [1.165, 1.54) is 0 Å². The molecule has 0 atom stereocenters. The molecule has 2 fully saturated rings. The Morgan fingerprint density at radius 1 is 1.14 bits per heavy atom. The summed E-state index contributed by atoms with van der Waals surface area (Å²) < 4.78 is 12.8. The minimum Gasteiger partial charge on any atom is -0.489 e. The Bertz CT molecular complexity index is 617. The molecule has 3 aliphatic rings. The lowest BCUT2D eigenvalue weighted by Crippen LogP contribution is -2.17. The molecule has 0 saturated heterocycles. The van der Waals surface area contributed by atoms with Crippen LogP contribution in [0.1, 0.15) is 37.7 Å². The SMILES string of the molecule is O=C(O)CC1(c2cc3c(cc2Br)OCC2(CC2)CO3)CC1. The summed E-state index contributed by atoms with van der Waals surface area (Å²) in [6, 6.07) is 3.92. The van der Waals surface area contributed by atoms with Gasteiger partial charge in [0.25, 0.3) is 0 Å². The molecule has 1 N–H and O–H groups in total. The fourth-order valence-corrected chi connectivity index (χ4v) is 3.86. The minimum atomic E-state index is -0.747. The number of carboxylic acids is 1. The van der Waals surface area contributed by atoms with Crippen molar-refractivity contribution in [2.45, 2.75) is 37.5 Å². The van der Waals surface area contributed by atoms with E-state index in [4.69, 9.17) is 14.6 Å². The number of hydrogen-bond acceptors (Lipinski definition) is 3. The zero-order valence-electron chi connectivity index (χ0n) is 11.7. The summed E-state index contributed by atoms with van der Waals surface area (Å²) in [7, 11) is 0. The third-order valence-electron chi connectivity index (χ3n) is 4.97. The van der Waals surface area contributed by atoms with Gasteiger partial charge in [-0.3, -0.25) is 4.79 Å². The van der Waals surface area contributed by atoms with Crippen LogP contribution in [-0.4, -0.2) is 24.3 Å². The molecule has 4 nitrogen and oxygen atoms in total. The molecule has 0 radical (unpaired) electrons. The van der Waals surface area contributed by atoms with Gasteiger partial charge in [-0.25, -0.2) is 0 Å². The highest BCUT2D eigenvalue weighted by atomic mass is 79.9. The number of rotatable bonds is 3. The van der Waals surface area contributed by atoms with Gasteiger partial charge in [0.1, 0.15) is 0 Å². The van der Waals surface area contributed by atoms with E-state index < -0.39 is 5.97 Å². The third-order valence-corrected chi connectivity index (χ3v) is 5.63. The molecule has 5 heteroatoms. The second-order valence-corrected chi connectivity index (χ2v) is 7.56. The van der Waals surface area contributed by atoms with Crippen LogP contribution >= 0.6 is 15.9 Å². The summed E-state index contributed by atoms with van der Waals surface area (Å²) >= 11 is 3.58. The van der Waals surface area contributed by atoms with Gasteiger partial charge in [-0.2, -0.15) is 0 Å². The number of carboxylic acid groups (broad SMARTS) is 1. The Kier molecular flexibility index (Phi) is 2.80. The Morgan fingerprint density at radius 2 is 1.76 bits per heavy atom. The molecular weight excluding hydrogens is 336 g/mol. The number of halogens is 1. The van der Waals surface area contributed by atoms with Crippen LogP contribution < -0.4 is 9.47 Å². The molecule has 1 aliphatic heterocycles. The Morgan fingerprint density at radius 3 is 2.29 bits per heavy atom. The number of hydrogen-bond donors (Lipinski definition) is 1. The van der Waals surface area contributed by atoms with E-state index in [2.05, 4.69) is 15.9 Å². The van der Waals surface area contributed by atoms with E-state index in [1.807, 2.05) is 12.1 Å². The summed E-state index contributed by atoms with van der Waals surface area (Å²) in [5, 5.41) is 9.13. The van der Waals surface area contributed by atoms with Crippen molar-refractivity contribution in [2.24, 2.45) is 5.41 Å². The van der Waals surface area contributed by atoms with Gasteiger partial charge >= 0.3 is 5.97 Å². The molecule has 1 heterocycles. The van der Waals surface area contributed by atoms with E-state index in [0.717, 1.165) is 47.2 Å². The highest BCUT2D eigenvalue weighted by Gasteiger charge is 2.49. The average Bonchev–Trinajstić information content (AvgIpc) is 3.31. The molecule has 21 heavy (non-hydrogen) atoms. The maximum Gasteiger partial charge on any atom is 0.304 e. The van der Waals surface area contributed by atoms with E-state index in [1.54, 1.807) is 0 Å². The van der Waals surface area contributed by atoms with E-state index in [-0.39, 0.29) is 17.3 Å². The van der Waals surface area contributed by atoms with Gasteiger partial charge in [-0.05, 0) is 43.4 Å².